The van der Waals surface area contributed by atoms with Crippen LogP contribution in [0, 0.1) is 0 Å². The Labute approximate surface area is 294 Å². The summed E-state index contributed by atoms with van der Waals surface area (Å²) in [5.41, 5.74) is 13.0. The summed E-state index contributed by atoms with van der Waals surface area (Å²) in [7, 11) is 0. The molecule has 0 atom stereocenters. The highest BCUT2D eigenvalue weighted by Crippen LogP contribution is 2.43. The van der Waals surface area contributed by atoms with Gasteiger partial charge in [0.1, 0.15) is 0 Å². The topological polar surface area (TPSA) is 14.8 Å². The molecular formula is C48H31N3. The summed E-state index contributed by atoms with van der Waals surface area (Å²) in [6.07, 6.45) is 0. The van der Waals surface area contributed by atoms with E-state index in [1.807, 2.05) is 0 Å². The summed E-state index contributed by atoms with van der Waals surface area (Å²) in [6, 6.07) is 68.4. The van der Waals surface area contributed by atoms with Gasteiger partial charge in [-0.15, -0.1) is 0 Å². The number of para-hydroxylation sites is 7. The molecule has 0 aliphatic rings. The van der Waals surface area contributed by atoms with Gasteiger partial charge in [-0.05, 0) is 48.0 Å². The predicted molar refractivity (Wildman–Crippen MR) is 215 cm³/mol. The smallest absolute Gasteiger partial charge is 0.0783 e. The molecule has 0 unspecified atom stereocenters. The predicted octanol–water partition coefficient (Wildman–Crippen LogP) is 12.6. The standard InChI is InChI=1S/C48H31N3/c1-2-16-32(17-3-1)33-18-4-9-25-40(33)50-43-28-12-7-21-36(43)39-24-15-31-46(48(39)50)51-44-29-13-8-22-37(44)38-23-14-30-45(47(38)51)49-41-26-10-5-19-34(41)35-20-6-11-27-42(35)49/h1-31H. The minimum absolute atomic E-state index is 1.14. The van der Waals surface area contributed by atoms with Gasteiger partial charge in [0, 0.05) is 37.9 Å². The third-order valence-electron chi connectivity index (χ3n) is 10.6. The molecule has 3 heterocycles. The number of benzene rings is 8. The lowest BCUT2D eigenvalue weighted by Gasteiger charge is -2.18. The molecule has 11 rings (SSSR count). The summed E-state index contributed by atoms with van der Waals surface area (Å²) in [5.74, 6) is 0. The van der Waals surface area contributed by atoms with Gasteiger partial charge in [-0.2, -0.15) is 0 Å². The highest BCUT2D eigenvalue weighted by molar-refractivity contribution is 6.18. The fourth-order valence-electron chi connectivity index (χ4n) is 8.57. The minimum atomic E-state index is 1.14. The molecule has 3 heteroatoms. The highest BCUT2D eigenvalue weighted by Gasteiger charge is 2.23. The third-order valence-corrected chi connectivity index (χ3v) is 10.6. The fourth-order valence-corrected chi connectivity index (χ4v) is 8.57. The van der Waals surface area contributed by atoms with Gasteiger partial charge in [0.05, 0.1) is 50.2 Å². The Balaban J connectivity index is 1.33. The maximum Gasteiger partial charge on any atom is 0.0783 e. The van der Waals surface area contributed by atoms with Gasteiger partial charge in [-0.25, -0.2) is 0 Å². The first-order valence-corrected chi connectivity index (χ1v) is 17.5. The first kappa shape index (κ1) is 28.0. The van der Waals surface area contributed by atoms with Gasteiger partial charge in [0.15, 0.2) is 0 Å². The lowest BCUT2D eigenvalue weighted by molar-refractivity contribution is 1.11. The first-order chi connectivity index (χ1) is 25.4. The van der Waals surface area contributed by atoms with Crippen LogP contribution in [0.2, 0.25) is 0 Å². The zero-order chi connectivity index (χ0) is 33.5. The molecule has 0 saturated carbocycles. The maximum absolute atomic E-state index is 2.52. The zero-order valence-electron chi connectivity index (χ0n) is 27.7. The van der Waals surface area contributed by atoms with Crippen molar-refractivity contribution < 1.29 is 0 Å². The Morgan fingerprint density at radius 3 is 1.14 bits per heavy atom. The van der Waals surface area contributed by atoms with Crippen LogP contribution in [0.1, 0.15) is 0 Å². The van der Waals surface area contributed by atoms with Crippen molar-refractivity contribution in [2.45, 2.75) is 0 Å². The molecule has 3 aromatic heterocycles. The maximum atomic E-state index is 2.52. The Kier molecular flexibility index (Phi) is 5.96. The van der Waals surface area contributed by atoms with Gasteiger partial charge in [-0.1, -0.05) is 146 Å². The van der Waals surface area contributed by atoms with Crippen LogP contribution in [0.3, 0.4) is 0 Å². The number of hydrogen-bond donors (Lipinski definition) is 0. The van der Waals surface area contributed by atoms with E-state index in [4.69, 9.17) is 0 Å². The normalized spacial score (nSPS) is 11.9. The van der Waals surface area contributed by atoms with Crippen LogP contribution in [-0.4, -0.2) is 13.7 Å². The molecule has 0 aliphatic carbocycles. The second-order valence-corrected chi connectivity index (χ2v) is 13.3. The van der Waals surface area contributed by atoms with Crippen LogP contribution in [-0.2, 0) is 0 Å². The summed E-state index contributed by atoms with van der Waals surface area (Å²) < 4.78 is 7.47. The molecule has 0 saturated heterocycles. The molecule has 0 radical (unpaired) electrons. The molecule has 0 bridgehead atoms. The molecule has 0 spiro atoms. The molecule has 0 amide bonds. The third kappa shape index (κ3) is 3.94. The SMILES string of the molecule is c1ccc(-c2ccccc2-n2c3ccccc3c3cccc(-n4c5ccccc5c5cccc(-n6c7ccccc7c7ccccc76)c54)c32)cc1. The Hall–Kier alpha value is -6.84. The lowest BCUT2D eigenvalue weighted by Crippen LogP contribution is -2.04. The molecule has 0 fully saturated rings. The van der Waals surface area contributed by atoms with Gasteiger partial charge < -0.3 is 13.7 Å². The lowest BCUT2D eigenvalue weighted by atomic mass is 10.0. The monoisotopic (exact) mass is 649 g/mol. The van der Waals surface area contributed by atoms with Crippen molar-refractivity contribution in [2.75, 3.05) is 0 Å². The largest absolute Gasteiger partial charge is 0.307 e. The van der Waals surface area contributed by atoms with Gasteiger partial charge in [0.25, 0.3) is 0 Å². The Morgan fingerprint density at radius 2 is 0.588 bits per heavy atom. The van der Waals surface area contributed by atoms with Gasteiger partial charge >= 0.3 is 0 Å². The summed E-state index contributed by atoms with van der Waals surface area (Å²) in [5, 5.41) is 7.45. The van der Waals surface area contributed by atoms with E-state index in [2.05, 4.69) is 202 Å². The average Bonchev–Trinajstić information content (AvgIpc) is 3.84. The molecule has 0 N–H and O–H groups in total. The van der Waals surface area contributed by atoms with Crippen LogP contribution in [0.4, 0.5) is 0 Å². The van der Waals surface area contributed by atoms with E-state index in [-0.39, 0.29) is 0 Å². The van der Waals surface area contributed by atoms with E-state index in [1.54, 1.807) is 0 Å². The molecule has 0 aliphatic heterocycles. The number of aromatic nitrogens is 3. The van der Waals surface area contributed by atoms with Crippen molar-refractivity contribution in [3.05, 3.63) is 188 Å². The van der Waals surface area contributed by atoms with E-state index in [1.165, 1.54) is 76.5 Å². The molecule has 8 aromatic carbocycles. The van der Waals surface area contributed by atoms with Crippen LogP contribution in [0.5, 0.6) is 0 Å². The Morgan fingerprint density at radius 1 is 0.235 bits per heavy atom. The molecule has 11 aromatic rings. The Bertz CT molecular complexity index is 3080. The van der Waals surface area contributed by atoms with Crippen molar-refractivity contribution in [3.8, 4) is 28.2 Å². The van der Waals surface area contributed by atoms with Gasteiger partial charge in [0.2, 0.25) is 0 Å². The summed E-state index contributed by atoms with van der Waals surface area (Å²) in [4.78, 5) is 0. The van der Waals surface area contributed by atoms with Crippen molar-refractivity contribution >= 4 is 65.4 Å². The fraction of sp³-hybridized carbons (Fsp3) is 0. The van der Waals surface area contributed by atoms with Crippen LogP contribution in [0.15, 0.2) is 188 Å². The summed E-state index contributed by atoms with van der Waals surface area (Å²) >= 11 is 0. The molecule has 238 valence electrons. The van der Waals surface area contributed by atoms with Gasteiger partial charge in [-0.3, -0.25) is 0 Å². The van der Waals surface area contributed by atoms with Crippen LogP contribution in [0.25, 0.3) is 93.6 Å². The first-order valence-electron chi connectivity index (χ1n) is 17.5. The van der Waals surface area contributed by atoms with E-state index in [0.29, 0.717) is 0 Å². The summed E-state index contributed by atoms with van der Waals surface area (Å²) in [6.45, 7) is 0. The molecular weight excluding hydrogens is 619 g/mol. The number of rotatable bonds is 4. The number of fused-ring (bicyclic) bond motifs is 9. The van der Waals surface area contributed by atoms with Crippen molar-refractivity contribution in [1.82, 2.24) is 13.7 Å². The second kappa shape index (κ2) is 10.8. The van der Waals surface area contributed by atoms with Crippen molar-refractivity contribution in [2.24, 2.45) is 0 Å². The van der Waals surface area contributed by atoms with E-state index >= 15 is 0 Å². The van der Waals surface area contributed by atoms with Crippen molar-refractivity contribution in [3.63, 3.8) is 0 Å². The van der Waals surface area contributed by atoms with E-state index < -0.39 is 0 Å². The minimum Gasteiger partial charge on any atom is -0.307 e. The van der Waals surface area contributed by atoms with Crippen LogP contribution < -0.4 is 0 Å². The average molecular weight is 650 g/mol. The van der Waals surface area contributed by atoms with Crippen molar-refractivity contribution in [1.29, 1.82) is 0 Å². The highest BCUT2D eigenvalue weighted by atomic mass is 15.1. The number of nitrogens with zero attached hydrogens (tertiary/aromatic N) is 3. The van der Waals surface area contributed by atoms with E-state index in [9.17, 15) is 0 Å². The second-order valence-electron chi connectivity index (χ2n) is 13.3. The van der Waals surface area contributed by atoms with Crippen LogP contribution >= 0.6 is 0 Å². The molecule has 51 heavy (non-hydrogen) atoms. The quantitative estimate of drug-likeness (QED) is 0.180. The van der Waals surface area contributed by atoms with E-state index in [0.717, 1.165) is 17.1 Å². The zero-order valence-corrected chi connectivity index (χ0v) is 27.7. The number of hydrogen-bond acceptors (Lipinski definition) is 0. The molecule has 3 nitrogen and oxygen atoms in total.